The maximum absolute atomic E-state index is 2.24. The van der Waals surface area contributed by atoms with Gasteiger partial charge in [0.25, 0.3) is 0 Å². The lowest BCUT2D eigenvalue weighted by Crippen LogP contribution is -2.13. The van der Waals surface area contributed by atoms with E-state index in [4.69, 9.17) is 0 Å². The van der Waals surface area contributed by atoms with E-state index in [1.165, 1.54) is 28.8 Å². The number of aryl methyl sites for hydroxylation is 2. The van der Waals surface area contributed by atoms with Crippen molar-refractivity contribution in [3.05, 3.63) is 65.7 Å². The number of hydrogen-bond donors (Lipinski definition) is 0. The van der Waals surface area contributed by atoms with Gasteiger partial charge < -0.3 is 0 Å². The van der Waals surface area contributed by atoms with Gasteiger partial charge in [0.05, 0.1) is 9.52 Å². The van der Waals surface area contributed by atoms with E-state index in [9.17, 15) is 0 Å². The molecule has 0 fully saturated rings. The van der Waals surface area contributed by atoms with Crippen LogP contribution in [0, 0.1) is 6.92 Å². The summed E-state index contributed by atoms with van der Waals surface area (Å²) in [6, 6.07) is 20.7. The molecule has 0 saturated heterocycles. The minimum atomic E-state index is 0.926. The monoisotopic (exact) mass is 224 g/mol. The van der Waals surface area contributed by atoms with Crippen molar-refractivity contribution in [3.8, 4) is 0 Å². The Morgan fingerprint density at radius 2 is 1.56 bits per heavy atom. The zero-order valence-electron chi connectivity index (χ0n) is 9.61. The summed E-state index contributed by atoms with van der Waals surface area (Å²) in [4.78, 5) is 0. The van der Waals surface area contributed by atoms with Gasteiger partial charge in [-0.3, -0.25) is 0 Å². The molecule has 0 saturated carbocycles. The predicted octanol–water partition coefficient (Wildman–Crippen LogP) is 2.99. The van der Waals surface area contributed by atoms with Gasteiger partial charge in [0.1, 0.15) is 0 Å². The SMILES string of the molecule is Cc1ccccc1CC[Si]c1ccccc1. The summed E-state index contributed by atoms with van der Waals surface area (Å²) in [7, 11) is 0.926. The lowest BCUT2D eigenvalue weighted by Gasteiger charge is -2.04. The second-order valence-corrected chi connectivity index (χ2v) is 5.40. The van der Waals surface area contributed by atoms with Gasteiger partial charge in [-0.15, -0.1) is 0 Å². The first-order valence-electron chi connectivity index (χ1n) is 5.70. The highest BCUT2D eigenvalue weighted by Crippen LogP contribution is 2.09. The van der Waals surface area contributed by atoms with Crippen LogP contribution in [-0.4, -0.2) is 9.52 Å². The van der Waals surface area contributed by atoms with Crippen LogP contribution in [0.15, 0.2) is 54.6 Å². The fourth-order valence-corrected chi connectivity index (χ4v) is 2.90. The van der Waals surface area contributed by atoms with Gasteiger partial charge in [-0.05, 0) is 24.5 Å². The van der Waals surface area contributed by atoms with Crippen LogP contribution < -0.4 is 5.19 Å². The molecule has 0 aromatic heterocycles. The van der Waals surface area contributed by atoms with Crippen molar-refractivity contribution in [1.29, 1.82) is 0 Å². The third kappa shape index (κ3) is 3.07. The van der Waals surface area contributed by atoms with Crippen LogP contribution in [0.25, 0.3) is 0 Å². The normalized spacial score (nSPS) is 10.3. The van der Waals surface area contributed by atoms with Crippen molar-refractivity contribution in [3.63, 3.8) is 0 Å². The molecule has 2 aromatic rings. The average molecular weight is 224 g/mol. The Labute approximate surface area is 100 Å². The molecule has 80 valence electrons. The summed E-state index contributed by atoms with van der Waals surface area (Å²) in [6.07, 6.45) is 1.19. The van der Waals surface area contributed by atoms with E-state index in [-0.39, 0.29) is 0 Å². The average Bonchev–Trinajstić information content (AvgIpc) is 2.33. The highest BCUT2D eigenvalue weighted by molar-refractivity contribution is 6.53. The topological polar surface area (TPSA) is 0 Å². The molecule has 0 N–H and O–H groups in total. The van der Waals surface area contributed by atoms with Crippen LogP contribution >= 0.6 is 0 Å². The first-order chi connectivity index (χ1) is 7.86. The fourth-order valence-electron chi connectivity index (χ4n) is 1.79. The van der Waals surface area contributed by atoms with E-state index in [0.29, 0.717) is 0 Å². The smallest absolute Gasteiger partial charge is 0.0642 e. The molecule has 0 nitrogen and oxygen atoms in total. The summed E-state index contributed by atoms with van der Waals surface area (Å²) >= 11 is 0. The highest BCUT2D eigenvalue weighted by atomic mass is 28.2. The standard InChI is InChI=1S/C15H16Si/c1-13-7-5-6-8-14(13)11-12-16-15-9-3-2-4-10-15/h2-10H,11-12H2,1H3. The van der Waals surface area contributed by atoms with Gasteiger partial charge in [0, 0.05) is 0 Å². The van der Waals surface area contributed by atoms with Crippen LogP contribution in [0.1, 0.15) is 11.1 Å². The third-order valence-electron chi connectivity index (χ3n) is 2.76. The Bertz CT molecular complexity index is 434. The summed E-state index contributed by atoms with van der Waals surface area (Å²) in [5.74, 6) is 0. The van der Waals surface area contributed by atoms with Crippen molar-refractivity contribution >= 4 is 14.7 Å². The van der Waals surface area contributed by atoms with Crippen molar-refractivity contribution in [2.24, 2.45) is 0 Å². The number of rotatable bonds is 4. The summed E-state index contributed by atoms with van der Waals surface area (Å²) in [5, 5.41) is 1.47. The van der Waals surface area contributed by atoms with Crippen LogP contribution in [0.5, 0.6) is 0 Å². The van der Waals surface area contributed by atoms with Crippen LogP contribution in [-0.2, 0) is 6.42 Å². The first-order valence-corrected chi connectivity index (χ1v) is 6.90. The zero-order chi connectivity index (χ0) is 11.2. The Morgan fingerprint density at radius 1 is 0.875 bits per heavy atom. The van der Waals surface area contributed by atoms with Crippen molar-refractivity contribution in [1.82, 2.24) is 0 Å². The molecule has 0 amide bonds. The van der Waals surface area contributed by atoms with E-state index in [0.717, 1.165) is 9.52 Å². The summed E-state index contributed by atoms with van der Waals surface area (Å²) in [6.45, 7) is 2.20. The number of benzene rings is 2. The van der Waals surface area contributed by atoms with Crippen LogP contribution in [0.4, 0.5) is 0 Å². The molecule has 2 rings (SSSR count). The van der Waals surface area contributed by atoms with Crippen LogP contribution in [0.2, 0.25) is 6.04 Å². The zero-order valence-corrected chi connectivity index (χ0v) is 10.6. The minimum Gasteiger partial charge on any atom is -0.0642 e. The Kier molecular flexibility index (Phi) is 3.95. The number of hydrogen-bond acceptors (Lipinski definition) is 0. The van der Waals surface area contributed by atoms with Gasteiger partial charge in [-0.25, -0.2) is 0 Å². The molecule has 1 heteroatoms. The largest absolute Gasteiger partial charge is 0.0811 e. The van der Waals surface area contributed by atoms with E-state index < -0.39 is 0 Å². The molecule has 2 radical (unpaired) electrons. The summed E-state index contributed by atoms with van der Waals surface area (Å²) < 4.78 is 0. The maximum atomic E-state index is 2.24. The second-order valence-electron chi connectivity index (χ2n) is 3.97. The highest BCUT2D eigenvalue weighted by Gasteiger charge is 1.98. The van der Waals surface area contributed by atoms with Gasteiger partial charge in [0.15, 0.2) is 0 Å². The predicted molar refractivity (Wildman–Crippen MR) is 71.5 cm³/mol. The molecular formula is C15H16Si. The molecule has 0 aliphatic heterocycles. The molecule has 16 heavy (non-hydrogen) atoms. The molecular weight excluding hydrogens is 208 g/mol. The van der Waals surface area contributed by atoms with E-state index in [2.05, 4.69) is 61.5 Å². The van der Waals surface area contributed by atoms with Gasteiger partial charge in [-0.1, -0.05) is 65.8 Å². The molecule has 0 unspecified atom stereocenters. The van der Waals surface area contributed by atoms with E-state index in [1.807, 2.05) is 0 Å². The Hall–Kier alpha value is -1.34. The molecule has 0 heterocycles. The third-order valence-corrected chi connectivity index (χ3v) is 4.00. The van der Waals surface area contributed by atoms with Crippen molar-refractivity contribution < 1.29 is 0 Å². The summed E-state index contributed by atoms with van der Waals surface area (Å²) in [5.41, 5.74) is 2.91. The molecule has 0 bridgehead atoms. The van der Waals surface area contributed by atoms with Crippen LogP contribution in [0.3, 0.4) is 0 Å². The Morgan fingerprint density at radius 3 is 2.31 bits per heavy atom. The van der Waals surface area contributed by atoms with Gasteiger partial charge in [0.2, 0.25) is 0 Å². The van der Waals surface area contributed by atoms with Crippen molar-refractivity contribution in [2.45, 2.75) is 19.4 Å². The van der Waals surface area contributed by atoms with Gasteiger partial charge in [-0.2, -0.15) is 0 Å². The minimum absolute atomic E-state index is 0.926. The lowest BCUT2D eigenvalue weighted by molar-refractivity contribution is 1.10. The molecule has 0 spiro atoms. The second kappa shape index (κ2) is 5.66. The first kappa shape index (κ1) is 11.2. The molecule has 0 aliphatic rings. The quantitative estimate of drug-likeness (QED) is 0.700. The molecule has 0 atom stereocenters. The fraction of sp³-hybridized carbons (Fsp3) is 0.200. The van der Waals surface area contributed by atoms with Crippen molar-refractivity contribution in [2.75, 3.05) is 0 Å². The Balaban J connectivity index is 1.87. The van der Waals surface area contributed by atoms with E-state index in [1.54, 1.807) is 0 Å². The molecule has 0 aliphatic carbocycles. The van der Waals surface area contributed by atoms with E-state index >= 15 is 0 Å². The van der Waals surface area contributed by atoms with Gasteiger partial charge >= 0.3 is 0 Å². The molecule has 2 aromatic carbocycles. The lowest BCUT2D eigenvalue weighted by atomic mass is 10.1. The maximum Gasteiger partial charge on any atom is 0.0811 e.